The van der Waals surface area contributed by atoms with Gasteiger partial charge >= 0.3 is 0 Å². The smallest absolute Gasteiger partial charge is 0.0982 e. The number of para-hydroxylation sites is 1. The molecule has 0 radical (unpaired) electrons. The highest BCUT2D eigenvalue weighted by molar-refractivity contribution is 7.18. The quantitative estimate of drug-likeness (QED) is 0.746. The average molecular weight is 296 g/mol. The summed E-state index contributed by atoms with van der Waals surface area (Å²) in [5, 5.41) is 4.53. The molecule has 0 spiro atoms. The van der Waals surface area contributed by atoms with Crippen LogP contribution in [0.5, 0.6) is 0 Å². The molecule has 21 heavy (non-hydrogen) atoms. The number of hydrogen-bond donors (Lipinski definition) is 1. The normalized spacial score (nSPS) is 12.7. The van der Waals surface area contributed by atoms with Gasteiger partial charge in [0.05, 0.1) is 15.2 Å². The molecule has 0 aliphatic rings. The predicted octanol–water partition coefficient (Wildman–Crippen LogP) is 4.56. The molecule has 2 nitrogen and oxygen atoms in total. The first-order valence-corrected chi connectivity index (χ1v) is 8.22. The number of benzene rings is 2. The highest BCUT2D eigenvalue weighted by atomic mass is 32.1. The van der Waals surface area contributed by atoms with Crippen molar-refractivity contribution in [1.29, 1.82) is 0 Å². The van der Waals surface area contributed by atoms with E-state index >= 15 is 0 Å². The lowest BCUT2D eigenvalue weighted by Crippen LogP contribution is -2.14. The van der Waals surface area contributed by atoms with Crippen LogP contribution in [0.15, 0.2) is 48.5 Å². The van der Waals surface area contributed by atoms with Crippen LogP contribution < -0.4 is 5.32 Å². The highest BCUT2D eigenvalue weighted by Gasteiger charge is 2.07. The van der Waals surface area contributed by atoms with Gasteiger partial charge in [-0.3, -0.25) is 0 Å². The fourth-order valence-corrected chi connectivity index (χ4v) is 3.65. The molecule has 1 atom stereocenters. The molecule has 3 aromatic rings. The maximum Gasteiger partial charge on any atom is 0.0982 e. The third-order valence-corrected chi connectivity index (χ3v) is 4.87. The van der Waals surface area contributed by atoms with E-state index in [2.05, 4.69) is 54.7 Å². The SMILES string of the molecule is CCC(NC)c1ccc(Cc2nc3ccccc3s2)cc1. The fourth-order valence-electron chi connectivity index (χ4n) is 2.64. The molecule has 0 bridgehead atoms. The number of rotatable bonds is 5. The molecule has 2 aromatic carbocycles. The first kappa shape index (κ1) is 14.2. The van der Waals surface area contributed by atoms with E-state index in [1.807, 2.05) is 13.1 Å². The molecule has 108 valence electrons. The standard InChI is InChI=1S/C18H20N2S/c1-3-15(19-2)14-10-8-13(9-11-14)12-18-20-16-6-4-5-7-17(16)21-18/h4-11,15,19H,3,12H2,1-2H3. The molecular weight excluding hydrogens is 276 g/mol. The van der Waals surface area contributed by atoms with Gasteiger partial charge in [0.2, 0.25) is 0 Å². The van der Waals surface area contributed by atoms with E-state index in [1.165, 1.54) is 20.8 Å². The molecule has 1 heterocycles. The fraction of sp³-hybridized carbons (Fsp3) is 0.278. The summed E-state index contributed by atoms with van der Waals surface area (Å²) in [6, 6.07) is 17.7. The molecule has 1 aromatic heterocycles. The summed E-state index contributed by atoms with van der Waals surface area (Å²) in [6.07, 6.45) is 2.02. The van der Waals surface area contributed by atoms with Gasteiger partial charge in [0, 0.05) is 12.5 Å². The zero-order valence-corrected chi connectivity index (χ0v) is 13.3. The van der Waals surface area contributed by atoms with Gasteiger partial charge in [-0.15, -0.1) is 11.3 Å². The Morgan fingerprint density at radius 2 is 1.86 bits per heavy atom. The van der Waals surface area contributed by atoms with Crippen molar-refractivity contribution in [3.05, 3.63) is 64.7 Å². The lowest BCUT2D eigenvalue weighted by Gasteiger charge is -2.14. The molecular formula is C18H20N2S. The molecule has 0 saturated carbocycles. The molecule has 0 saturated heterocycles. The summed E-state index contributed by atoms with van der Waals surface area (Å²) in [5.41, 5.74) is 3.78. The monoisotopic (exact) mass is 296 g/mol. The van der Waals surface area contributed by atoms with Crippen molar-refractivity contribution in [3.8, 4) is 0 Å². The number of fused-ring (bicyclic) bond motifs is 1. The molecule has 0 amide bonds. The number of thiazole rings is 1. The number of nitrogens with zero attached hydrogens (tertiary/aromatic N) is 1. The van der Waals surface area contributed by atoms with Crippen molar-refractivity contribution in [2.24, 2.45) is 0 Å². The Kier molecular flexibility index (Phi) is 4.32. The van der Waals surface area contributed by atoms with Crippen molar-refractivity contribution in [1.82, 2.24) is 10.3 Å². The molecule has 1 unspecified atom stereocenters. The Labute approximate surface area is 129 Å². The third kappa shape index (κ3) is 3.14. The maximum absolute atomic E-state index is 4.70. The topological polar surface area (TPSA) is 24.9 Å². The van der Waals surface area contributed by atoms with Crippen LogP contribution in [-0.2, 0) is 6.42 Å². The lowest BCUT2D eigenvalue weighted by molar-refractivity contribution is 0.577. The first-order valence-electron chi connectivity index (χ1n) is 7.40. The van der Waals surface area contributed by atoms with E-state index < -0.39 is 0 Å². The van der Waals surface area contributed by atoms with Gasteiger partial charge in [0.25, 0.3) is 0 Å². The zero-order chi connectivity index (χ0) is 14.7. The molecule has 0 aliphatic carbocycles. The number of aromatic nitrogens is 1. The van der Waals surface area contributed by atoms with Gasteiger partial charge < -0.3 is 5.32 Å². The minimum Gasteiger partial charge on any atom is -0.313 e. The Balaban J connectivity index is 1.78. The summed E-state index contributed by atoms with van der Waals surface area (Å²) in [6.45, 7) is 2.20. The van der Waals surface area contributed by atoms with Crippen LogP contribution in [-0.4, -0.2) is 12.0 Å². The molecule has 0 aliphatic heterocycles. The molecule has 0 fully saturated rings. The predicted molar refractivity (Wildman–Crippen MR) is 91.0 cm³/mol. The molecule has 3 rings (SSSR count). The second kappa shape index (κ2) is 6.37. The summed E-state index contributed by atoms with van der Waals surface area (Å²) in [4.78, 5) is 4.70. The van der Waals surface area contributed by atoms with E-state index in [9.17, 15) is 0 Å². The summed E-state index contributed by atoms with van der Waals surface area (Å²) in [5.74, 6) is 0. The summed E-state index contributed by atoms with van der Waals surface area (Å²) in [7, 11) is 2.02. The van der Waals surface area contributed by atoms with Crippen LogP contribution in [0.2, 0.25) is 0 Å². The summed E-state index contributed by atoms with van der Waals surface area (Å²) < 4.78 is 1.27. The van der Waals surface area contributed by atoms with Crippen molar-refractivity contribution in [3.63, 3.8) is 0 Å². The van der Waals surface area contributed by atoms with E-state index in [-0.39, 0.29) is 0 Å². The van der Waals surface area contributed by atoms with Crippen LogP contribution in [0.3, 0.4) is 0 Å². The highest BCUT2D eigenvalue weighted by Crippen LogP contribution is 2.24. The second-order valence-electron chi connectivity index (χ2n) is 5.24. The van der Waals surface area contributed by atoms with E-state index in [0.717, 1.165) is 18.4 Å². The van der Waals surface area contributed by atoms with E-state index in [0.29, 0.717) is 6.04 Å². The van der Waals surface area contributed by atoms with Crippen LogP contribution in [0.1, 0.15) is 35.5 Å². The zero-order valence-electron chi connectivity index (χ0n) is 12.5. The van der Waals surface area contributed by atoms with Crippen LogP contribution >= 0.6 is 11.3 Å². The Hall–Kier alpha value is -1.71. The third-order valence-electron chi connectivity index (χ3n) is 3.83. The largest absolute Gasteiger partial charge is 0.313 e. The van der Waals surface area contributed by atoms with Gasteiger partial charge in [-0.05, 0) is 36.7 Å². The number of hydrogen-bond acceptors (Lipinski definition) is 3. The Bertz CT molecular complexity index is 678. The lowest BCUT2D eigenvalue weighted by atomic mass is 10.0. The summed E-state index contributed by atoms with van der Waals surface area (Å²) >= 11 is 1.79. The van der Waals surface area contributed by atoms with Crippen molar-refractivity contribution < 1.29 is 0 Å². The van der Waals surface area contributed by atoms with Gasteiger partial charge in [0.1, 0.15) is 0 Å². The minimum absolute atomic E-state index is 0.446. The van der Waals surface area contributed by atoms with Gasteiger partial charge in [0.15, 0.2) is 0 Å². The van der Waals surface area contributed by atoms with Crippen LogP contribution in [0, 0.1) is 0 Å². The first-order chi connectivity index (χ1) is 10.3. The molecule has 1 N–H and O–H groups in total. The van der Waals surface area contributed by atoms with Gasteiger partial charge in [-0.25, -0.2) is 4.98 Å². The molecule has 3 heteroatoms. The Morgan fingerprint density at radius 3 is 2.52 bits per heavy atom. The maximum atomic E-state index is 4.70. The minimum atomic E-state index is 0.446. The van der Waals surface area contributed by atoms with Crippen LogP contribution in [0.4, 0.5) is 0 Å². The van der Waals surface area contributed by atoms with E-state index in [1.54, 1.807) is 11.3 Å². The average Bonchev–Trinajstić information content (AvgIpc) is 2.92. The van der Waals surface area contributed by atoms with Crippen molar-refractivity contribution in [2.45, 2.75) is 25.8 Å². The van der Waals surface area contributed by atoms with Crippen molar-refractivity contribution in [2.75, 3.05) is 7.05 Å². The Morgan fingerprint density at radius 1 is 1.10 bits per heavy atom. The van der Waals surface area contributed by atoms with Gasteiger partial charge in [-0.1, -0.05) is 43.3 Å². The van der Waals surface area contributed by atoms with Gasteiger partial charge in [-0.2, -0.15) is 0 Å². The van der Waals surface area contributed by atoms with E-state index in [4.69, 9.17) is 4.98 Å². The van der Waals surface area contributed by atoms with Crippen molar-refractivity contribution >= 4 is 21.6 Å². The second-order valence-corrected chi connectivity index (χ2v) is 6.36. The van der Waals surface area contributed by atoms with Crippen LogP contribution in [0.25, 0.3) is 10.2 Å². The number of nitrogens with one attached hydrogen (secondary N) is 1.